The summed E-state index contributed by atoms with van der Waals surface area (Å²) in [7, 11) is 2.00. The average Bonchev–Trinajstić information content (AvgIpc) is 3.72. The molecule has 0 radical (unpaired) electrons. The molecule has 9 aromatic rings. The van der Waals surface area contributed by atoms with E-state index in [0.717, 1.165) is 61.9 Å². The monoisotopic (exact) mass is 689 g/mol. The van der Waals surface area contributed by atoms with E-state index in [1.807, 2.05) is 80.0 Å². The second kappa shape index (κ2) is 11.8. The number of imidazole rings is 1. The number of hydrogen-bond acceptors (Lipinski definition) is 3. The predicted octanol–water partition coefficient (Wildman–Crippen LogP) is 11.9. The Morgan fingerprint density at radius 3 is 2.15 bits per heavy atom. The smallest absolute Gasteiger partial charge is 0.150 e. The third-order valence-corrected chi connectivity index (χ3v) is 11.0. The fraction of sp³-hybridized carbons (Fsp3) is 0.106. The summed E-state index contributed by atoms with van der Waals surface area (Å²) < 4.78 is 21.2. The van der Waals surface area contributed by atoms with Crippen LogP contribution in [0.3, 0.4) is 0 Å². The maximum Gasteiger partial charge on any atom is 0.150 e. The Labute approximate surface area is 307 Å². The zero-order valence-corrected chi connectivity index (χ0v) is 29.7. The summed E-state index contributed by atoms with van der Waals surface area (Å²) in [6.07, 6.45) is 0.659. The van der Waals surface area contributed by atoms with Crippen LogP contribution < -0.4 is 4.90 Å². The number of hydrogen-bond donors (Lipinski definition) is 0. The van der Waals surface area contributed by atoms with E-state index in [9.17, 15) is 0 Å². The van der Waals surface area contributed by atoms with Gasteiger partial charge < -0.3 is 9.13 Å². The van der Waals surface area contributed by atoms with Gasteiger partial charge in [-0.2, -0.15) is 0 Å². The SMILES string of the molecule is Cn1c(-c2cccc(C(F)c3cccc(N4c5ccccc5C(C)(C)c5c4ncc4c5c5ccccc5n4-c4ccccc4)c3)c2)nc2ccccc21. The van der Waals surface area contributed by atoms with E-state index in [-0.39, 0.29) is 5.41 Å². The molecule has 0 fully saturated rings. The summed E-state index contributed by atoms with van der Waals surface area (Å²) >= 11 is 0. The number of para-hydroxylation sites is 5. The van der Waals surface area contributed by atoms with Crippen LogP contribution in [0.25, 0.3) is 49.9 Å². The van der Waals surface area contributed by atoms with Crippen LogP contribution in [0.15, 0.2) is 158 Å². The number of anilines is 3. The van der Waals surface area contributed by atoms with Crippen LogP contribution in [-0.2, 0) is 12.5 Å². The first-order valence-electron chi connectivity index (χ1n) is 18.0. The van der Waals surface area contributed by atoms with E-state index in [1.165, 1.54) is 16.3 Å². The lowest BCUT2D eigenvalue weighted by Crippen LogP contribution is -2.31. The molecule has 6 heteroatoms. The maximum atomic E-state index is 16.8. The highest BCUT2D eigenvalue weighted by Crippen LogP contribution is 2.54. The third kappa shape index (κ3) is 4.68. The first kappa shape index (κ1) is 31.2. The molecule has 3 aromatic heterocycles. The number of aromatic nitrogens is 4. The topological polar surface area (TPSA) is 38.9 Å². The Balaban J connectivity index is 1.13. The van der Waals surface area contributed by atoms with Crippen molar-refractivity contribution in [3.63, 3.8) is 0 Å². The Hall–Kier alpha value is -6.53. The standard InChI is InChI=1S/C47H36FN5/c1-47(2)36-22-8-11-25-39(36)53(46-43(47)42-35-21-7-10-24-38(35)52(41(42)29-49-46)33-18-5-4-6-19-33)34-20-14-16-31(28-34)44(48)30-15-13-17-32(27-30)45-50-37-23-9-12-26-40(37)51(45)3/h4-29,44H,1-3H3. The molecule has 0 N–H and O–H groups in total. The van der Waals surface area contributed by atoms with Crippen LogP contribution in [0, 0.1) is 0 Å². The highest BCUT2D eigenvalue weighted by molar-refractivity contribution is 6.13. The van der Waals surface area contributed by atoms with E-state index >= 15 is 4.39 Å². The minimum Gasteiger partial charge on any atom is -0.327 e. The minimum absolute atomic E-state index is 0.378. The van der Waals surface area contributed by atoms with E-state index < -0.39 is 6.17 Å². The number of nitrogens with zero attached hydrogens (tertiary/aromatic N) is 5. The molecule has 1 unspecified atom stereocenters. The number of aryl methyl sites for hydroxylation is 1. The molecule has 4 heterocycles. The summed E-state index contributed by atoms with van der Waals surface area (Å²) in [5.74, 6) is 1.66. The van der Waals surface area contributed by atoms with Gasteiger partial charge in [0.1, 0.15) is 11.6 Å². The molecule has 0 saturated heterocycles. The molecule has 0 spiro atoms. The number of benzene rings is 6. The van der Waals surface area contributed by atoms with Gasteiger partial charge in [0.25, 0.3) is 0 Å². The summed E-state index contributed by atoms with van der Waals surface area (Å²) in [5.41, 5.74) is 11.1. The summed E-state index contributed by atoms with van der Waals surface area (Å²) in [5, 5.41) is 2.35. The van der Waals surface area contributed by atoms with Gasteiger partial charge in [-0.05, 0) is 71.3 Å². The number of rotatable bonds is 5. The lowest BCUT2D eigenvalue weighted by atomic mass is 9.73. The van der Waals surface area contributed by atoms with Gasteiger partial charge in [0.2, 0.25) is 0 Å². The van der Waals surface area contributed by atoms with Gasteiger partial charge in [-0.1, -0.05) is 111 Å². The van der Waals surface area contributed by atoms with Crippen molar-refractivity contribution in [1.82, 2.24) is 19.1 Å². The molecule has 10 rings (SSSR count). The van der Waals surface area contributed by atoms with E-state index in [1.54, 1.807) is 0 Å². The van der Waals surface area contributed by atoms with Crippen LogP contribution in [-0.4, -0.2) is 19.1 Å². The zero-order valence-electron chi connectivity index (χ0n) is 29.7. The quantitative estimate of drug-likeness (QED) is 0.181. The molecule has 1 aliphatic heterocycles. The Bertz CT molecular complexity index is 2870. The molecular weight excluding hydrogens is 654 g/mol. The molecule has 0 bridgehead atoms. The largest absolute Gasteiger partial charge is 0.327 e. The first-order chi connectivity index (χ1) is 25.9. The second-order valence-electron chi connectivity index (χ2n) is 14.4. The molecule has 1 aliphatic rings. The van der Waals surface area contributed by atoms with E-state index in [2.05, 4.69) is 113 Å². The van der Waals surface area contributed by atoms with Crippen molar-refractivity contribution in [2.24, 2.45) is 7.05 Å². The molecule has 0 amide bonds. The Kier molecular flexibility index (Phi) is 6.92. The molecule has 0 saturated carbocycles. The van der Waals surface area contributed by atoms with E-state index in [4.69, 9.17) is 9.97 Å². The summed E-state index contributed by atoms with van der Waals surface area (Å²) in [4.78, 5) is 12.4. The van der Waals surface area contributed by atoms with Gasteiger partial charge in [0.05, 0.1) is 34.0 Å². The number of fused-ring (bicyclic) bond motifs is 7. The summed E-state index contributed by atoms with van der Waals surface area (Å²) in [6.45, 7) is 4.59. The van der Waals surface area contributed by atoms with Gasteiger partial charge in [-0.3, -0.25) is 4.90 Å². The lowest BCUT2D eigenvalue weighted by Gasteiger charge is -2.41. The second-order valence-corrected chi connectivity index (χ2v) is 14.4. The van der Waals surface area contributed by atoms with Crippen LogP contribution in [0.2, 0.25) is 0 Å². The molecular formula is C47H36FN5. The predicted molar refractivity (Wildman–Crippen MR) is 214 cm³/mol. The van der Waals surface area contributed by atoms with Crippen LogP contribution in [0.4, 0.5) is 21.6 Å². The highest BCUT2D eigenvalue weighted by atomic mass is 19.1. The number of halogens is 1. The van der Waals surface area contributed by atoms with E-state index in [0.29, 0.717) is 11.1 Å². The average molecular weight is 690 g/mol. The van der Waals surface area contributed by atoms with Crippen molar-refractivity contribution < 1.29 is 4.39 Å². The van der Waals surface area contributed by atoms with Crippen molar-refractivity contribution in [3.8, 4) is 17.1 Å². The third-order valence-electron chi connectivity index (χ3n) is 11.0. The zero-order chi connectivity index (χ0) is 35.8. The molecule has 5 nitrogen and oxygen atoms in total. The fourth-order valence-electron chi connectivity index (χ4n) is 8.52. The van der Waals surface area contributed by atoms with Gasteiger partial charge in [-0.25, -0.2) is 14.4 Å². The van der Waals surface area contributed by atoms with Crippen LogP contribution in [0.5, 0.6) is 0 Å². The van der Waals surface area contributed by atoms with Crippen LogP contribution in [0.1, 0.15) is 42.3 Å². The number of pyridine rings is 1. The van der Waals surface area contributed by atoms with Crippen molar-refractivity contribution in [2.75, 3.05) is 4.90 Å². The molecule has 256 valence electrons. The maximum absolute atomic E-state index is 16.8. The molecule has 6 aromatic carbocycles. The van der Waals surface area contributed by atoms with Crippen molar-refractivity contribution >= 4 is 50.0 Å². The Morgan fingerprint density at radius 2 is 1.32 bits per heavy atom. The van der Waals surface area contributed by atoms with Gasteiger partial charge >= 0.3 is 0 Å². The Morgan fingerprint density at radius 1 is 0.642 bits per heavy atom. The fourth-order valence-corrected chi connectivity index (χ4v) is 8.52. The first-order valence-corrected chi connectivity index (χ1v) is 18.0. The summed E-state index contributed by atoms with van der Waals surface area (Å²) in [6, 6.07) is 51.3. The molecule has 1 atom stereocenters. The highest BCUT2D eigenvalue weighted by Gasteiger charge is 2.40. The molecule has 53 heavy (non-hydrogen) atoms. The van der Waals surface area contributed by atoms with Crippen molar-refractivity contribution in [1.29, 1.82) is 0 Å². The van der Waals surface area contributed by atoms with Crippen molar-refractivity contribution in [2.45, 2.75) is 25.4 Å². The van der Waals surface area contributed by atoms with Crippen LogP contribution >= 0.6 is 0 Å². The minimum atomic E-state index is -1.35. The van der Waals surface area contributed by atoms with Gasteiger partial charge in [-0.15, -0.1) is 0 Å². The van der Waals surface area contributed by atoms with Gasteiger partial charge in [0, 0.05) is 45.7 Å². The van der Waals surface area contributed by atoms with Crippen molar-refractivity contribution in [3.05, 3.63) is 180 Å². The normalized spacial score (nSPS) is 14.1. The van der Waals surface area contributed by atoms with Gasteiger partial charge in [0.15, 0.2) is 6.17 Å². The lowest BCUT2D eigenvalue weighted by molar-refractivity contribution is 0.402. The molecule has 0 aliphatic carbocycles. The number of alkyl halides is 1.